The lowest BCUT2D eigenvalue weighted by molar-refractivity contribution is -0.576. The maximum atomic E-state index is 12.8. The number of ether oxygens (including phenoxy) is 3. The molecule has 5 fully saturated rings. The molecule has 2 bridgehead atoms. The fraction of sp³-hybridized carbons (Fsp3) is 0.857. The molecule has 12 nitrogen and oxygen atoms in total. The van der Waals surface area contributed by atoms with Crippen molar-refractivity contribution >= 4 is 23.8 Å². The molecule has 0 aromatic heterocycles. The van der Waals surface area contributed by atoms with E-state index in [0.717, 1.165) is 19.3 Å². The van der Waals surface area contributed by atoms with Crippen LogP contribution in [-0.4, -0.2) is 64.9 Å². The third-order valence-electron chi connectivity index (χ3n) is 8.99. The average Bonchev–Trinajstić information content (AvgIpc) is 3.10. The molecule has 0 aromatic rings. The Morgan fingerprint density at radius 3 is 2.40 bits per heavy atom. The minimum absolute atomic E-state index is 0.000281. The van der Waals surface area contributed by atoms with Crippen molar-refractivity contribution in [1.29, 1.82) is 0 Å². The lowest BCUT2D eigenvalue weighted by Crippen LogP contribution is -2.70. The van der Waals surface area contributed by atoms with Gasteiger partial charge in [-0.3, -0.25) is 19.2 Å². The van der Waals surface area contributed by atoms with Crippen LogP contribution in [0.15, 0.2) is 0 Å². The normalized spacial score (nSPS) is 38.0. The number of hydrogen-bond acceptors (Lipinski definition) is 9. The highest BCUT2D eigenvalue weighted by molar-refractivity contribution is 5.91. The van der Waals surface area contributed by atoms with Gasteiger partial charge in [-0.05, 0) is 57.3 Å². The number of amides is 2. The lowest BCUT2D eigenvalue weighted by Gasteiger charge is -2.59. The fourth-order valence-electron chi connectivity index (χ4n) is 6.76. The summed E-state index contributed by atoms with van der Waals surface area (Å²) in [6.07, 6.45) is 1.75. The van der Waals surface area contributed by atoms with Crippen LogP contribution in [-0.2, 0) is 43.2 Å². The second-order valence-corrected chi connectivity index (χ2v) is 12.6. The maximum absolute atomic E-state index is 12.8. The summed E-state index contributed by atoms with van der Waals surface area (Å²) in [5.41, 5.74) is -0.764. The number of carbonyl (C=O) groups is 4. The van der Waals surface area contributed by atoms with Gasteiger partial charge in [-0.1, -0.05) is 27.7 Å². The molecule has 1 aliphatic carbocycles. The molecule has 4 heterocycles. The van der Waals surface area contributed by atoms with Crippen molar-refractivity contribution < 1.29 is 48.3 Å². The molecule has 3 N–H and O–H groups in total. The van der Waals surface area contributed by atoms with Crippen LogP contribution in [0.5, 0.6) is 0 Å². The third-order valence-corrected chi connectivity index (χ3v) is 8.99. The number of esters is 1. The van der Waals surface area contributed by atoms with Gasteiger partial charge in [-0.15, -0.1) is 0 Å². The molecule has 4 aliphatic heterocycles. The number of carboxylic acid groups (broad SMARTS) is 1. The summed E-state index contributed by atoms with van der Waals surface area (Å²) in [5, 5.41) is 14.1. The smallest absolute Gasteiger partial charge is 0.325 e. The highest BCUT2D eigenvalue weighted by Gasteiger charge is 2.69. The quantitative estimate of drug-likeness (QED) is 0.264. The van der Waals surface area contributed by atoms with Crippen LogP contribution in [0.3, 0.4) is 0 Å². The van der Waals surface area contributed by atoms with Gasteiger partial charge in [0.2, 0.25) is 23.9 Å². The molecule has 0 radical (unpaired) electrons. The van der Waals surface area contributed by atoms with Gasteiger partial charge in [-0.2, -0.15) is 0 Å². The number of carboxylic acids is 1. The standard InChI is InChI=1S/C28H44N2O10/c1-14(2)13-20(23(33)29-17(5)24(34)35)30-21(31)9-10-22(32)36-25-16(4)19-8-7-15(3)18-11-12-27(6)38-26(37-25)28(18,19)40-39-27/h14-20,25-26H,7-13H2,1-6H3,(H,29,33)(H,30,31)(H,34,35)/t15-,16-,17+,18+,19+,20+,25-,26-,27-,28-/m1/s1. The summed E-state index contributed by atoms with van der Waals surface area (Å²) < 4.78 is 18.3. The Hall–Kier alpha value is -2.28. The van der Waals surface area contributed by atoms with Crippen molar-refractivity contribution in [3.8, 4) is 0 Å². The first-order valence-electron chi connectivity index (χ1n) is 14.5. The van der Waals surface area contributed by atoms with Crippen LogP contribution in [0.2, 0.25) is 0 Å². The molecule has 0 unspecified atom stereocenters. The molecule has 0 aromatic carbocycles. The minimum Gasteiger partial charge on any atom is -0.480 e. The van der Waals surface area contributed by atoms with Gasteiger partial charge in [0, 0.05) is 24.7 Å². The van der Waals surface area contributed by atoms with E-state index in [4.69, 9.17) is 29.1 Å². The van der Waals surface area contributed by atoms with Gasteiger partial charge < -0.3 is 30.0 Å². The van der Waals surface area contributed by atoms with E-state index in [-0.39, 0.29) is 36.5 Å². The van der Waals surface area contributed by atoms with Crippen molar-refractivity contribution in [3.05, 3.63) is 0 Å². The van der Waals surface area contributed by atoms with Crippen LogP contribution >= 0.6 is 0 Å². The van der Waals surface area contributed by atoms with Gasteiger partial charge in [-0.25, -0.2) is 9.78 Å². The van der Waals surface area contributed by atoms with Crippen LogP contribution in [0, 0.1) is 29.6 Å². The monoisotopic (exact) mass is 568 g/mol. The average molecular weight is 569 g/mol. The molecule has 12 heteroatoms. The molecule has 1 saturated carbocycles. The zero-order valence-corrected chi connectivity index (χ0v) is 24.3. The molecular formula is C28H44N2O10. The van der Waals surface area contributed by atoms with Crippen molar-refractivity contribution in [1.82, 2.24) is 10.6 Å². The second-order valence-electron chi connectivity index (χ2n) is 12.6. The third kappa shape index (κ3) is 6.14. The Labute approximate surface area is 235 Å². The molecule has 5 aliphatic rings. The molecule has 1 spiro atoms. The first-order chi connectivity index (χ1) is 18.8. The zero-order chi connectivity index (χ0) is 29.4. The Bertz CT molecular complexity index is 990. The van der Waals surface area contributed by atoms with Gasteiger partial charge >= 0.3 is 11.9 Å². The van der Waals surface area contributed by atoms with Crippen LogP contribution in [0.4, 0.5) is 0 Å². The molecule has 2 amide bonds. The SMILES string of the molecule is CC(C)C[C@H](NC(=O)CCC(=O)O[C@@H]1O[C@@H]2O[C@@]3(C)CC[C@H]4[C@H](C)CC[C@@H]([C@H]1C)[C@@]24OO3)C(=O)N[C@@H](C)C(=O)O. The number of rotatable bonds is 10. The predicted octanol–water partition coefficient (Wildman–Crippen LogP) is 2.64. The molecule has 4 saturated heterocycles. The topological polar surface area (TPSA) is 159 Å². The van der Waals surface area contributed by atoms with Crippen LogP contribution in [0.1, 0.15) is 86.5 Å². The van der Waals surface area contributed by atoms with Gasteiger partial charge in [0.15, 0.2) is 11.9 Å². The Kier molecular flexibility index (Phi) is 9.13. The second kappa shape index (κ2) is 11.9. The van der Waals surface area contributed by atoms with Crippen LogP contribution < -0.4 is 10.6 Å². The summed E-state index contributed by atoms with van der Waals surface area (Å²) >= 11 is 0. The van der Waals surface area contributed by atoms with E-state index in [0.29, 0.717) is 18.8 Å². The van der Waals surface area contributed by atoms with E-state index in [9.17, 15) is 19.2 Å². The van der Waals surface area contributed by atoms with Crippen molar-refractivity contribution in [2.24, 2.45) is 29.6 Å². The van der Waals surface area contributed by atoms with E-state index in [1.165, 1.54) is 6.92 Å². The number of carbonyl (C=O) groups excluding carboxylic acids is 3. The molecule has 226 valence electrons. The van der Waals surface area contributed by atoms with Crippen LogP contribution in [0.25, 0.3) is 0 Å². The van der Waals surface area contributed by atoms with Gasteiger partial charge in [0.05, 0.1) is 6.42 Å². The first kappa shape index (κ1) is 30.7. The fourth-order valence-corrected chi connectivity index (χ4v) is 6.76. The summed E-state index contributed by atoms with van der Waals surface area (Å²) in [5.74, 6) is -3.33. The van der Waals surface area contributed by atoms with Gasteiger partial charge in [0.25, 0.3) is 0 Å². The lowest BCUT2D eigenvalue weighted by atomic mass is 9.58. The number of fused-ring (bicyclic) bond motifs is 2. The number of aliphatic carboxylic acids is 1. The van der Waals surface area contributed by atoms with E-state index >= 15 is 0 Å². The first-order valence-corrected chi connectivity index (χ1v) is 14.5. The Morgan fingerprint density at radius 1 is 1.00 bits per heavy atom. The molecule has 5 rings (SSSR count). The van der Waals surface area contributed by atoms with Crippen molar-refractivity contribution in [3.63, 3.8) is 0 Å². The molecule has 40 heavy (non-hydrogen) atoms. The van der Waals surface area contributed by atoms with E-state index in [1.807, 2.05) is 27.7 Å². The van der Waals surface area contributed by atoms with Gasteiger partial charge in [0.1, 0.15) is 12.1 Å². The minimum atomic E-state index is -1.18. The highest BCUT2D eigenvalue weighted by atomic mass is 17.3. The van der Waals surface area contributed by atoms with Crippen molar-refractivity contribution in [2.45, 2.75) is 123 Å². The Balaban J connectivity index is 1.35. The highest BCUT2D eigenvalue weighted by Crippen LogP contribution is 2.60. The predicted molar refractivity (Wildman–Crippen MR) is 139 cm³/mol. The largest absolute Gasteiger partial charge is 0.480 e. The zero-order valence-electron chi connectivity index (χ0n) is 24.3. The van der Waals surface area contributed by atoms with Crippen molar-refractivity contribution in [2.75, 3.05) is 0 Å². The summed E-state index contributed by atoms with van der Waals surface area (Å²) in [4.78, 5) is 61.0. The Morgan fingerprint density at radius 2 is 1.73 bits per heavy atom. The molecule has 10 atom stereocenters. The summed E-state index contributed by atoms with van der Waals surface area (Å²) in [6, 6.07) is -2.02. The summed E-state index contributed by atoms with van der Waals surface area (Å²) in [7, 11) is 0. The van der Waals surface area contributed by atoms with E-state index < -0.39 is 59.8 Å². The van der Waals surface area contributed by atoms with E-state index in [1.54, 1.807) is 0 Å². The van der Waals surface area contributed by atoms with E-state index in [2.05, 4.69) is 17.6 Å². The number of hydrogen-bond donors (Lipinski definition) is 3. The maximum Gasteiger partial charge on any atom is 0.325 e. The summed E-state index contributed by atoms with van der Waals surface area (Å²) in [6.45, 7) is 11.1. The number of nitrogens with one attached hydrogen (secondary N) is 2. The molecular weight excluding hydrogens is 524 g/mol.